The molecule has 0 saturated carbocycles. The van der Waals surface area contributed by atoms with Gasteiger partial charge in [0.1, 0.15) is 0 Å². The van der Waals surface area contributed by atoms with Crippen LogP contribution in [-0.2, 0) is 6.42 Å². The third kappa shape index (κ3) is 7.76. The summed E-state index contributed by atoms with van der Waals surface area (Å²) in [5.41, 5.74) is 8.30. The second-order valence-corrected chi connectivity index (χ2v) is 8.39. The van der Waals surface area contributed by atoms with Crippen molar-refractivity contribution in [2.24, 2.45) is 0 Å². The van der Waals surface area contributed by atoms with Crippen LogP contribution < -0.4 is 10.6 Å². The van der Waals surface area contributed by atoms with Gasteiger partial charge >= 0.3 is 0 Å². The lowest BCUT2D eigenvalue weighted by Crippen LogP contribution is -2.12. The van der Waals surface area contributed by atoms with E-state index in [0.29, 0.717) is 6.54 Å². The summed E-state index contributed by atoms with van der Waals surface area (Å²) < 4.78 is 0. The summed E-state index contributed by atoms with van der Waals surface area (Å²) in [6, 6.07) is 23.5. The summed E-state index contributed by atoms with van der Waals surface area (Å²) in [6.07, 6.45) is 16.6. The third-order valence-electron chi connectivity index (χ3n) is 5.54. The van der Waals surface area contributed by atoms with Crippen LogP contribution in [0.4, 0.5) is 0 Å². The van der Waals surface area contributed by atoms with Gasteiger partial charge < -0.3 is 10.6 Å². The minimum absolute atomic E-state index is 0.589. The van der Waals surface area contributed by atoms with Crippen molar-refractivity contribution in [2.75, 3.05) is 19.6 Å². The molecule has 0 aromatic heterocycles. The number of rotatable bonds is 8. The van der Waals surface area contributed by atoms with Gasteiger partial charge in [0, 0.05) is 18.1 Å². The maximum absolute atomic E-state index is 6.56. The molecule has 0 fully saturated rings. The van der Waals surface area contributed by atoms with Gasteiger partial charge in [0.15, 0.2) is 0 Å². The molecule has 4 rings (SSSR count). The Kier molecular flexibility index (Phi) is 10.5. The lowest BCUT2D eigenvalue weighted by molar-refractivity contribution is 0.855. The van der Waals surface area contributed by atoms with Crippen molar-refractivity contribution in [3.8, 4) is 34.6 Å². The molecule has 1 heterocycles. The zero-order valence-electron chi connectivity index (χ0n) is 20.5. The lowest BCUT2D eigenvalue weighted by Gasteiger charge is -2.13. The Hall–Kier alpha value is -3.51. The second kappa shape index (κ2) is 14.0. The third-order valence-corrected chi connectivity index (χ3v) is 5.76. The van der Waals surface area contributed by atoms with Crippen LogP contribution in [0.25, 0.3) is 27.8 Å². The Morgan fingerprint density at radius 1 is 0.914 bits per heavy atom. The Morgan fingerprint density at radius 2 is 1.60 bits per heavy atom. The smallest absolute Gasteiger partial charge is 0.0576 e. The molecule has 178 valence electrons. The molecular weight excluding hydrogens is 448 g/mol. The Morgan fingerprint density at radius 3 is 2.31 bits per heavy atom. The number of nitrogens with one attached hydrogen (secondary N) is 2. The van der Waals surface area contributed by atoms with Gasteiger partial charge in [-0.15, -0.1) is 6.42 Å². The quantitative estimate of drug-likeness (QED) is 0.198. The number of allylic oxidation sites excluding steroid dienone is 3. The van der Waals surface area contributed by atoms with Crippen LogP contribution in [-0.4, -0.2) is 19.6 Å². The Bertz CT molecular complexity index is 1240. The van der Waals surface area contributed by atoms with E-state index < -0.39 is 0 Å². The van der Waals surface area contributed by atoms with Crippen LogP contribution >= 0.6 is 11.6 Å². The minimum atomic E-state index is 0.589. The maximum atomic E-state index is 6.56. The van der Waals surface area contributed by atoms with Crippen LogP contribution in [0.5, 0.6) is 0 Å². The van der Waals surface area contributed by atoms with E-state index >= 15 is 0 Å². The van der Waals surface area contributed by atoms with Gasteiger partial charge in [-0.1, -0.05) is 92.1 Å². The van der Waals surface area contributed by atoms with Crippen LogP contribution in [0.2, 0.25) is 5.02 Å². The van der Waals surface area contributed by atoms with E-state index in [0.717, 1.165) is 46.8 Å². The van der Waals surface area contributed by atoms with Crippen molar-refractivity contribution >= 4 is 17.2 Å². The molecule has 35 heavy (non-hydrogen) atoms. The molecule has 0 atom stereocenters. The highest BCUT2D eigenvalue weighted by molar-refractivity contribution is 6.31. The largest absolute Gasteiger partial charge is 0.387 e. The molecule has 1 aliphatic heterocycles. The molecule has 0 aliphatic carbocycles. The first-order valence-electron chi connectivity index (χ1n) is 12.1. The number of hydrogen-bond donors (Lipinski definition) is 2. The normalized spacial score (nSPS) is 12.3. The number of dihydropyridines is 1. The molecule has 0 unspecified atom stereocenters. The predicted molar refractivity (Wildman–Crippen MR) is 153 cm³/mol. The van der Waals surface area contributed by atoms with Gasteiger partial charge in [-0.3, -0.25) is 0 Å². The van der Waals surface area contributed by atoms with Crippen molar-refractivity contribution in [2.45, 2.75) is 20.3 Å². The molecule has 0 radical (unpaired) electrons. The van der Waals surface area contributed by atoms with Gasteiger partial charge in [-0.2, -0.15) is 0 Å². The van der Waals surface area contributed by atoms with E-state index in [9.17, 15) is 0 Å². The lowest BCUT2D eigenvalue weighted by atomic mass is 9.95. The SMILES string of the molecule is C#CCNC/C=C\Cc1cccc(-c2cc(Cl)cc(-c3cccc(C4=CC=CNC4)c3)c2)c1.CC. The summed E-state index contributed by atoms with van der Waals surface area (Å²) in [7, 11) is 0. The first-order chi connectivity index (χ1) is 17.2. The Labute approximate surface area is 215 Å². The van der Waals surface area contributed by atoms with Gasteiger partial charge in [0.25, 0.3) is 0 Å². The molecular formula is C32H33ClN2. The second-order valence-electron chi connectivity index (χ2n) is 7.95. The highest BCUT2D eigenvalue weighted by atomic mass is 35.5. The van der Waals surface area contributed by atoms with Gasteiger partial charge in [-0.05, 0) is 81.9 Å². The molecule has 3 aromatic rings. The average Bonchev–Trinajstić information content (AvgIpc) is 2.92. The van der Waals surface area contributed by atoms with Crippen molar-refractivity contribution in [1.82, 2.24) is 10.6 Å². The molecule has 2 nitrogen and oxygen atoms in total. The van der Waals surface area contributed by atoms with Crippen LogP contribution in [0.15, 0.2) is 97.2 Å². The maximum Gasteiger partial charge on any atom is 0.0576 e. The number of halogens is 1. The minimum Gasteiger partial charge on any atom is -0.387 e. The monoisotopic (exact) mass is 480 g/mol. The Balaban J connectivity index is 0.00000167. The van der Waals surface area contributed by atoms with Crippen LogP contribution in [0.1, 0.15) is 25.0 Å². The molecule has 0 saturated heterocycles. The molecule has 3 aromatic carbocycles. The fourth-order valence-corrected chi connectivity index (χ4v) is 4.12. The first-order valence-corrected chi connectivity index (χ1v) is 12.5. The fraction of sp³-hybridized carbons (Fsp3) is 0.188. The zero-order chi connectivity index (χ0) is 24.9. The summed E-state index contributed by atoms with van der Waals surface area (Å²) in [5.74, 6) is 2.58. The first kappa shape index (κ1) is 26.1. The summed E-state index contributed by atoms with van der Waals surface area (Å²) in [4.78, 5) is 0. The number of hydrogen-bond acceptors (Lipinski definition) is 2. The highest BCUT2D eigenvalue weighted by Gasteiger charge is 2.08. The van der Waals surface area contributed by atoms with Crippen LogP contribution in [0.3, 0.4) is 0 Å². The molecule has 2 N–H and O–H groups in total. The van der Waals surface area contributed by atoms with Gasteiger partial charge in [-0.25, -0.2) is 0 Å². The molecule has 0 bridgehead atoms. The van der Waals surface area contributed by atoms with E-state index in [1.807, 2.05) is 38.3 Å². The van der Waals surface area contributed by atoms with Gasteiger partial charge in [0.2, 0.25) is 0 Å². The van der Waals surface area contributed by atoms with Crippen molar-refractivity contribution in [1.29, 1.82) is 0 Å². The summed E-state index contributed by atoms with van der Waals surface area (Å²) >= 11 is 6.56. The van der Waals surface area contributed by atoms with Crippen molar-refractivity contribution in [3.05, 3.63) is 113 Å². The van der Waals surface area contributed by atoms with Crippen molar-refractivity contribution in [3.63, 3.8) is 0 Å². The van der Waals surface area contributed by atoms with Crippen molar-refractivity contribution < 1.29 is 0 Å². The summed E-state index contributed by atoms with van der Waals surface area (Å²) in [5, 5.41) is 7.18. The van der Waals surface area contributed by atoms with Gasteiger partial charge in [0.05, 0.1) is 6.54 Å². The average molecular weight is 481 g/mol. The van der Waals surface area contributed by atoms with Crippen LogP contribution in [0, 0.1) is 12.3 Å². The summed E-state index contributed by atoms with van der Waals surface area (Å²) in [6.45, 7) is 6.21. The molecule has 3 heteroatoms. The number of benzene rings is 3. The van der Waals surface area contributed by atoms with E-state index in [1.165, 1.54) is 16.7 Å². The fourth-order valence-electron chi connectivity index (χ4n) is 3.89. The topological polar surface area (TPSA) is 24.1 Å². The number of terminal acetylenes is 1. The van der Waals surface area contributed by atoms with E-state index in [1.54, 1.807) is 0 Å². The molecule has 0 amide bonds. The van der Waals surface area contributed by atoms with E-state index in [-0.39, 0.29) is 0 Å². The van der Waals surface area contributed by atoms with E-state index in [4.69, 9.17) is 18.0 Å². The molecule has 0 spiro atoms. The standard InChI is InChI=1S/C30H27ClN2.C2H6/c1-2-14-32-15-4-3-8-23-9-5-10-24(17-23)28-19-29(21-30(31)20-28)26-12-6-11-25(18-26)27-13-7-16-33-22-27;1-2/h1,3-7,9-13,16-21,32-33H,8,14-15,22H2;1-2H3/b4-3-;. The zero-order valence-corrected chi connectivity index (χ0v) is 21.3. The highest BCUT2D eigenvalue weighted by Crippen LogP contribution is 2.32. The van der Waals surface area contributed by atoms with E-state index in [2.05, 4.69) is 89.4 Å². The predicted octanol–water partition coefficient (Wildman–Crippen LogP) is 7.52. The molecule has 1 aliphatic rings.